The molecular formula is C21H24O13. The van der Waals surface area contributed by atoms with Crippen molar-refractivity contribution in [2.45, 2.75) is 58.1 Å². The summed E-state index contributed by atoms with van der Waals surface area (Å²) in [7, 11) is 1.03. The number of hydrogen-bond donors (Lipinski definition) is 2. The van der Waals surface area contributed by atoms with Gasteiger partial charge in [-0.2, -0.15) is 0 Å². The SMILES string of the molecule is COC(=O)[C@H]1O[C@@H](Oc2ccc(CO)cc2C(=O)O)[C@H](OC(C)=O)C(OC(C)=O)[C@@H]1OC(C)=O. The topological polar surface area (TPSA) is 181 Å². The fraction of sp³-hybridized carbons (Fsp3) is 0.476. The van der Waals surface area contributed by atoms with E-state index in [9.17, 15) is 34.2 Å². The van der Waals surface area contributed by atoms with E-state index in [1.807, 2.05) is 0 Å². The number of ether oxygens (including phenoxy) is 6. The van der Waals surface area contributed by atoms with Crippen LogP contribution in [0.4, 0.5) is 0 Å². The van der Waals surface area contributed by atoms with Gasteiger partial charge >= 0.3 is 29.8 Å². The molecule has 0 bridgehead atoms. The van der Waals surface area contributed by atoms with E-state index >= 15 is 0 Å². The third-order valence-corrected chi connectivity index (χ3v) is 4.53. The van der Waals surface area contributed by atoms with Crippen molar-refractivity contribution in [1.82, 2.24) is 0 Å². The van der Waals surface area contributed by atoms with Crippen LogP contribution in [0.2, 0.25) is 0 Å². The van der Waals surface area contributed by atoms with Crippen LogP contribution >= 0.6 is 0 Å². The van der Waals surface area contributed by atoms with Gasteiger partial charge in [0.1, 0.15) is 11.3 Å². The standard InChI is InChI=1S/C21H24O13/c1-9(23)30-15-16(31-10(2)24)18(32-11(3)25)21(34-17(15)20(28)29-4)33-14-6-5-12(8-22)7-13(14)19(26)27/h5-7,15-18,21-22H,8H2,1-4H3,(H,26,27)/t15-,16?,17-,18+,21+/m0/s1. The molecule has 13 heteroatoms. The Kier molecular flexibility index (Phi) is 8.92. The third kappa shape index (κ3) is 6.42. The van der Waals surface area contributed by atoms with E-state index in [4.69, 9.17) is 23.7 Å². The van der Waals surface area contributed by atoms with Gasteiger partial charge in [0.15, 0.2) is 18.3 Å². The predicted octanol–water partition coefficient (Wildman–Crippen LogP) is -0.0511. The van der Waals surface area contributed by atoms with Gasteiger partial charge < -0.3 is 38.6 Å². The second-order valence-corrected chi connectivity index (χ2v) is 7.08. The molecule has 0 amide bonds. The van der Waals surface area contributed by atoms with Crippen molar-refractivity contribution in [3.8, 4) is 5.75 Å². The van der Waals surface area contributed by atoms with Crippen LogP contribution in [0.5, 0.6) is 5.75 Å². The summed E-state index contributed by atoms with van der Waals surface area (Å²) in [4.78, 5) is 59.4. The lowest BCUT2D eigenvalue weighted by atomic mass is 9.97. The lowest BCUT2D eigenvalue weighted by Gasteiger charge is -2.43. The van der Waals surface area contributed by atoms with Crippen LogP contribution in [0.15, 0.2) is 18.2 Å². The second-order valence-electron chi connectivity index (χ2n) is 7.08. The molecule has 34 heavy (non-hydrogen) atoms. The number of carbonyl (C=O) groups excluding carboxylic acids is 4. The van der Waals surface area contributed by atoms with Gasteiger partial charge in [0, 0.05) is 20.8 Å². The zero-order valence-corrected chi connectivity index (χ0v) is 18.7. The van der Waals surface area contributed by atoms with Crippen LogP contribution in [-0.2, 0) is 49.5 Å². The second kappa shape index (κ2) is 11.4. The number of hydrogen-bond acceptors (Lipinski definition) is 12. The van der Waals surface area contributed by atoms with E-state index in [-0.39, 0.29) is 16.9 Å². The molecule has 0 aliphatic carbocycles. The Labute approximate surface area is 193 Å². The molecular weight excluding hydrogens is 460 g/mol. The van der Waals surface area contributed by atoms with Crippen LogP contribution < -0.4 is 4.74 Å². The van der Waals surface area contributed by atoms with E-state index in [1.54, 1.807) is 0 Å². The number of aromatic carboxylic acids is 1. The van der Waals surface area contributed by atoms with Crippen LogP contribution in [0, 0.1) is 0 Å². The summed E-state index contributed by atoms with van der Waals surface area (Å²) in [5.74, 6) is -5.33. The molecule has 1 aliphatic heterocycles. The zero-order chi connectivity index (χ0) is 25.6. The van der Waals surface area contributed by atoms with Crippen molar-refractivity contribution in [1.29, 1.82) is 0 Å². The highest BCUT2D eigenvalue weighted by Gasteiger charge is 2.56. The largest absolute Gasteiger partial charge is 0.478 e. The van der Waals surface area contributed by atoms with Crippen LogP contribution in [0.1, 0.15) is 36.7 Å². The molecule has 1 unspecified atom stereocenters. The first-order chi connectivity index (χ1) is 16.0. The average Bonchev–Trinajstić information content (AvgIpc) is 2.76. The minimum Gasteiger partial charge on any atom is -0.478 e. The first kappa shape index (κ1) is 26.5. The molecule has 1 aliphatic rings. The summed E-state index contributed by atoms with van der Waals surface area (Å²) in [5.41, 5.74) is -0.108. The fourth-order valence-corrected chi connectivity index (χ4v) is 3.25. The molecule has 0 spiro atoms. The molecule has 1 aromatic carbocycles. The van der Waals surface area contributed by atoms with E-state index in [0.717, 1.165) is 33.9 Å². The molecule has 13 nitrogen and oxygen atoms in total. The number of aliphatic hydroxyl groups is 1. The van der Waals surface area contributed by atoms with Crippen LogP contribution in [0.3, 0.4) is 0 Å². The van der Waals surface area contributed by atoms with Crippen molar-refractivity contribution >= 4 is 29.8 Å². The number of benzene rings is 1. The summed E-state index contributed by atoms with van der Waals surface area (Å²) in [5, 5.41) is 18.8. The summed E-state index contributed by atoms with van der Waals surface area (Å²) in [6.07, 6.45) is -8.17. The maximum atomic E-state index is 12.4. The first-order valence-electron chi connectivity index (χ1n) is 9.87. The van der Waals surface area contributed by atoms with Crippen molar-refractivity contribution < 1.29 is 62.6 Å². The smallest absolute Gasteiger partial charge is 0.339 e. The molecule has 2 N–H and O–H groups in total. The number of carboxylic acids is 1. The average molecular weight is 484 g/mol. The minimum absolute atomic E-state index is 0.269. The number of aliphatic hydroxyl groups excluding tert-OH is 1. The molecule has 2 rings (SSSR count). The van der Waals surface area contributed by atoms with Gasteiger partial charge in [0.25, 0.3) is 0 Å². The molecule has 1 saturated heterocycles. The molecule has 5 atom stereocenters. The predicted molar refractivity (Wildman–Crippen MR) is 107 cm³/mol. The first-order valence-corrected chi connectivity index (χ1v) is 9.87. The van der Waals surface area contributed by atoms with E-state index in [1.165, 1.54) is 12.1 Å². The monoisotopic (exact) mass is 484 g/mol. The number of methoxy groups -OCH3 is 1. The van der Waals surface area contributed by atoms with Gasteiger partial charge in [-0.15, -0.1) is 0 Å². The molecule has 1 aromatic rings. The third-order valence-electron chi connectivity index (χ3n) is 4.53. The van der Waals surface area contributed by atoms with Gasteiger partial charge in [-0.25, -0.2) is 9.59 Å². The van der Waals surface area contributed by atoms with Gasteiger partial charge in [-0.3, -0.25) is 14.4 Å². The maximum absolute atomic E-state index is 12.4. The Bertz CT molecular complexity index is 956. The molecule has 0 saturated carbocycles. The Morgan fingerprint density at radius 3 is 1.97 bits per heavy atom. The van der Waals surface area contributed by atoms with Crippen LogP contribution in [0.25, 0.3) is 0 Å². The fourth-order valence-electron chi connectivity index (χ4n) is 3.25. The number of carboxylic acid groups (broad SMARTS) is 1. The highest BCUT2D eigenvalue weighted by molar-refractivity contribution is 5.91. The summed E-state index contributed by atoms with van der Waals surface area (Å²) >= 11 is 0. The maximum Gasteiger partial charge on any atom is 0.339 e. The van der Waals surface area contributed by atoms with E-state index in [0.29, 0.717) is 0 Å². The van der Waals surface area contributed by atoms with Gasteiger partial charge in [0.05, 0.1) is 13.7 Å². The van der Waals surface area contributed by atoms with Crippen molar-refractivity contribution in [2.75, 3.05) is 7.11 Å². The van der Waals surface area contributed by atoms with Gasteiger partial charge in [-0.1, -0.05) is 6.07 Å². The summed E-state index contributed by atoms with van der Waals surface area (Å²) in [6.45, 7) is 2.65. The van der Waals surface area contributed by atoms with E-state index in [2.05, 4.69) is 4.74 Å². The number of esters is 4. The Morgan fingerprint density at radius 2 is 1.47 bits per heavy atom. The normalized spacial score (nSPS) is 23.9. The van der Waals surface area contributed by atoms with Crippen LogP contribution in [-0.4, -0.2) is 77.9 Å². The van der Waals surface area contributed by atoms with Crippen molar-refractivity contribution in [3.05, 3.63) is 29.3 Å². The lowest BCUT2D eigenvalue weighted by molar-refractivity contribution is -0.282. The molecule has 0 aromatic heterocycles. The van der Waals surface area contributed by atoms with E-state index < -0.39 is 67.2 Å². The number of carbonyl (C=O) groups is 5. The Hall–Kier alpha value is -3.71. The molecule has 1 heterocycles. The quantitative estimate of drug-likeness (QED) is 0.370. The van der Waals surface area contributed by atoms with Crippen molar-refractivity contribution in [2.24, 2.45) is 0 Å². The minimum atomic E-state index is -1.71. The zero-order valence-electron chi connectivity index (χ0n) is 18.7. The molecule has 186 valence electrons. The highest BCUT2D eigenvalue weighted by Crippen LogP contribution is 2.32. The van der Waals surface area contributed by atoms with Gasteiger partial charge in [0.2, 0.25) is 12.4 Å². The van der Waals surface area contributed by atoms with Gasteiger partial charge in [-0.05, 0) is 17.7 Å². The molecule has 1 fully saturated rings. The Balaban J connectivity index is 2.58. The molecule has 0 radical (unpaired) electrons. The highest BCUT2D eigenvalue weighted by atomic mass is 16.7. The van der Waals surface area contributed by atoms with Crippen molar-refractivity contribution in [3.63, 3.8) is 0 Å². The lowest BCUT2D eigenvalue weighted by Crippen LogP contribution is -2.64. The summed E-state index contributed by atoms with van der Waals surface area (Å²) < 4.78 is 31.5. The summed E-state index contributed by atoms with van der Waals surface area (Å²) in [6, 6.07) is 3.73. The Morgan fingerprint density at radius 1 is 0.912 bits per heavy atom. The number of rotatable bonds is 8.